The Bertz CT molecular complexity index is 791. The van der Waals surface area contributed by atoms with Crippen molar-refractivity contribution in [1.82, 2.24) is 9.80 Å². The number of nitrogens with zero attached hydrogens (tertiary/aromatic N) is 2. The van der Waals surface area contributed by atoms with Gasteiger partial charge in [-0.05, 0) is 24.3 Å². The Labute approximate surface area is 162 Å². The number of hydrogen-bond donors (Lipinski definition) is 0. The van der Waals surface area contributed by atoms with Crippen molar-refractivity contribution >= 4 is 35.0 Å². The number of ether oxygens (including phenoxy) is 1. The lowest BCUT2D eigenvalue weighted by atomic mass is 10.2. The zero-order valence-corrected chi connectivity index (χ0v) is 15.5. The maximum Gasteiger partial charge on any atom is 0.260 e. The molecule has 2 aromatic rings. The molecule has 0 atom stereocenters. The zero-order valence-electron chi connectivity index (χ0n) is 14.0. The molecule has 0 N–H and O–H groups in total. The van der Waals surface area contributed by atoms with Gasteiger partial charge in [0.15, 0.2) is 6.61 Å². The zero-order chi connectivity index (χ0) is 18.5. The Morgan fingerprint density at radius 1 is 0.885 bits per heavy atom. The molecule has 0 radical (unpaired) electrons. The van der Waals surface area contributed by atoms with Gasteiger partial charge in [-0.1, -0.05) is 41.4 Å². The van der Waals surface area contributed by atoms with Gasteiger partial charge in [-0.3, -0.25) is 9.59 Å². The highest BCUT2D eigenvalue weighted by atomic mass is 35.5. The van der Waals surface area contributed by atoms with E-state index in [0.29, 0.717) is 47.5 Å². The first-order valence-corrected chi connectivity index (χ1v) is 9.00. The molecule has 0 aliphatic carbocycles. The summed E-state index contributed by atoms with van der Waals surface area (Å²) in [6, 6.07) is 14.0. The first-order chi connectivity index (χ1) is 12.5. The minimum Gasteiger partial charge on any atom is -0.484 e. The Morgan fingerprint density at radius 2 is 1.54 bits per heavy atom. The fraction of sp³-hybridized carbons (Fsp3) is 0.263. The molecule has 1 heterocycles. The average molecular weight is 393 g/mol. The second-order valence-corrected chi connectivity index (χ2v) is 6.72. The van der Waals surface area contributed by atoms with Crippen molar-refractivity contribution < 1.29 is 14.3 Å². The first kappa shape index (κ1) is 18.5. The second kappa shape index (κ2) is 8.43. The number of amides is 2. The highest BCUT2D eigenvalue weighted by molar-refractivity contribution is 6.42. The molecular formula is C19H18Cl2N2O3. The van der Waals surface area contributed by atoms with E-state index in [1.807, 2.05) is 18.2 Å². The summed E-state index contributed by atoms with van der Waals surface area (Å²) in [7, 11) is 0. The van der Waals surface area contributed by atoms with Crippen LogP contribution in [-0.2, 0) is 4.79 Å². The Balaban J connectivity index is 1.49. The van der Waals surface area contributed by atoms with Crippen LogP contribution in [0.5, 0.6) is 5.75 Å². The summed E-state index contributed by atoms with van der Waals surface area (Å²) in [4.78, 5) is 28.2. The fourth-order valence-electron chi connectivity index (χ4n) is 2.73. The van der Waals surface area contributed by atoms with Gasteiger partial charge < -0.3 is 14.5 Å². The number of rotatable bonds is 4. The van der Waals surface area contributed by atoms with E-state index in [9.17, 15) is 9.59 Å². The van der Waals surface area contributed by atoms with E-state index >= 15 is 0 Å². The number of benzene rings is 2. The molecule has 1 aliphatic heterocycles. The third-order valence-electron chi connectivity index (χ3n) is 4.19. The summed E-state index contributed by atoms with van der Waals surface area (Å²) in [6.07, 6.45) is 0. The Kier molecular flexibility index (Phi) is 6.01. The number of halogens is 2. The lowest BCUT2D eigenvalue weighted by Crippen LogP contribution is -2.51. The highest BCUT2D eigenvalue weighted by Gasteiger charge is 2.24. The normalized spacial score (nSPS) is 14.2. The summed E-state index contributed by atoms with van der Waals surface area (Å²) in [6.45, 7) is 1.91. The van der Waals surface area contributed by atoms with Gasteiger partial charge in [-0.15, -0.1) is 0 Å². The first-order valence-electron chi connectivity index (χ1n) is 8.24. The molecule has 3 rings (SSSR count). The summed E-state index contributed by atoms with van der Waals surface area (Å²) in [5.41, 5.74) is 0.662. The van der Waals surface area contributed by atoms with Crippen molar-refractivity contribution in [3.63, 3.8) is 0 Å². The van der Waals surface area contributed by atoms with E-state index < -0.39 is 0 Å². The van der Waals surface area contributed by atoms with Gasteiger partial charge in [0, 0.05) is 37.8 Å². The molecule has 1 aliphatic rings. The van der Waals surface area contributed by atoms with E-state index in [0.717, 1.165) is 0 Å². The largest absolute Gasteiger partial charge is 0.484 e. The van der Waals surface area contributed by atoms with Gasteiger partial charge in [-0.2, -0.15) is 0 Å². The van der Waals surface area contributed by atoms with E-state index in [-0.39, 0.29) is 18.4 Å². The Morgan fingerprint density at radius 3 is 2.19 bits per heavy atom. The molecule has 0 spiro atoms. The highest BCUT2D eigenvalue weighted by Crippen LogP contribution is 2.26. The molecule has 5 nitrogen and oxygen atoms in total. The topological polar surface area (TPSA) is 49.9 Å². The molecule has 7 heteroatoms. The lowest BCUT2D eigenvalue weighted by molar-refractivity contribution is -0.134. The van der Waals surface area contributed by atoms with Crippen LogP contribution in [0.4, 0.5) is 0 Å². The summed E-state index contributed by atoms with van der Waals surface area (Å²) < 4.78 is 5.49. The molecule has 0 bridgehead atoms. The van der Waals surface area contributed by atoms with Crippen molar-refractivity contribution in [3.05, 3.63) is 64.1 Å². The standard InChI is InChI=1S/C19H18Cl2N2O3/c20-16-7-6-15(12-17(16)21)26-13-18(24)22-8-10-23(11-9-22)19(25)14-4-2-1-3-5-14/h1-7,12H,8-11,13H2. The number of carbonyl (C=O) groups excluding carboxylic acids is 2. The molecule has 136 valence electrons. The molecule has 0 saturated carbocycles. The van der Waals surface area contributed by atoms with Crippen LogP contribution in [0.1, 0.15) is 10.4 Å². The number of carbonyl (C=O) groups is 2. The van der Waals surface area contributed by atoms with Crippen molar-refractivity contribution in [1.29, 1.82) is 0 Å². The molecular weight excluding hydrogens is 375 g/mol. The van der Waals surface area contributed by atoms with Gasteiger partial charge in [-0.25, -0.2) is 0 Å². The quantitative estimate of drug-likeness (QED) is 0.801. The maximum atomic E-state index is 12.4. The van der Waals surface area contributed by atoms with E-state index in [4.69, 9.17) is 27.9 Å². The van der Waals surface area contributed by atoms with Gasteiger partial charge >= 0.3 is 0 Å². The molecule has 0 aromatic heterocycles. The molecule has 1 fully saturated rings. The molecule has 0 unspecified atom stereocenters. The van der Waals surface area contributed by atoms with Crippen LogP contribution >= 0.6 is 23.2 Å². The molecule has 26 heavy (non-hydrogen) atoms. The third kappa shape index (κ3) is 4.48. The van der Waals surface area contributed by atoms with E-state index in [1.54, 1.807) is 40.1 Å². The van der Waals surface area contributed by atoms with Crippen LogP contribution in [0.25, 0.3) is 0 Å². The monoisotopic (exact) mass is 392 g/mol. The smallest absolute Gasteiger partial charge is 0.260 e. The second-order valence-electron chi connectivity index (χ2n) is 5.90. The molecule has 1 saturated heterocycles. The van der Waals surface area contributed by atoms with E-state index in [2.05, 4.69) is 0 Å². The van der Waals surface area contributed by atoms with Crippen LogP contribution in [0.3, 0.4) is 0 Å². The molecule has 2 aromatic carbocycles. The fourth-order valence-corrected chi connectivity index (χ4v) is 3.01. The van der Waals surface area contributed by atoms with Crippen LogP contribution in [0.2, 0.25) is 10.0 Å². The lowest BCUT2D eigenvalue weighted by Gasteiger charge is -2.34. The summed E-state index contributed by atoms with van der Waals surface area (Å²) in [5.74, 6) is 0.360. The summed E-state index contributed by atoms with van der Waals surface area (Å²) in [5, 5.41) is 0.814. The average Bonchev–Trinajstić information content (AvgIpc) is 2.69. The number of piperazine rings is 1. The van der Waals surface area contributed by atoms with Crippen LogP contribution in [-0.4, -0.2) is 54.4 Å². The van der Waals surface area contributed by atoms with Gasteiger partial charge in [0.1, 0.15) is 5.75 Å². The van der Waals surface area contributed by atoms with Gasteiger partial charge in [0.25, 0.3) is 11.8 Å². The predicted molar refractivity (Wildman–Crippen MR) is 101 cm³/mol. The number of hydrogen-bond acceptors (Lipinski definition) is 3. The van der Waals surface area contributed by atoms with Crippen molar-refractivity contribution in [2.24, 2.45) is 0 Å². The molecule has 2 amide bonds. The Hall–Kier alpha value is -2.24. The van der Waals surface area contributed by atoms with Gasteiger partial charge in [0.05, 0.1) is 10.0 Å². The van der Waals surface area contributed by atoms with Crippen LogP contribution in [0.15, 0.2) is 48.5 Å². The maximum absolute atomic E-state index is 12.4. The summed E-state index contributed by atoms with van der Waals surface area (Å²) >= 11 is 11.8. The predicted octanol–water partition coefficient (Wildman–Crippen LogP) is 3.36. The van der Waals surface area contributed by atoms with Crippen molar-refractivity contribution in [3.8, 4) is 5.75 Å². The van der Waals surface area contributed by atoms with Crippen molar-refractivity contribution in [2.45, 2.75) is 0 Å². The van der Waals surface area contributed by atoms with Crippen LogP contribution in [0, 0.1) is 0 Å². The third-order valence-corrected chi connectivity index (χ3v) is 4.93. The van der Waals surface area contributed by atoms with Gasteiger partial charge in [0.2, 0.25) is 0 Å². The van der Waals surface area contributed by atoms with Crippen LogP contribution < -0.4 is 4.74 Å². The van der Waals surface area contributed by atoms with Crippen molar-refractivity contribution in [2.75, 3.05) is 32.8 Å². The van der Waals surface area contributed by atoms with E-state index in [1.165, 1.54) is 0 Å². The SMILES string of the molecule is O=C(COc1ccc(Cl)c(Cl)c1)N1CCN(C(=O)c2ccccc2)CC1. The minimum absolute atomic E-state index is 0.00949. The minimum atomic E-state index is -0.122.